The molecule has 0 bridgehead atoms. The monoisotopic (exact) mass is 244 g/mol. The van der Waals surface area contributed by atoms with Crippen molar-refractivity contribution in [3.8, 4) is 11.3 Å². The minimum atomic E-state index is 0.0234. The highest BCUT2D eigenvalue weighted by molar-refractivity contribution is 5.78. The van der Waals surface area contributed by atoms with E-state index in [1.165, 1.54) is 0 Å². The van der Waals surface area contributed by atoms with Gasteiger partial charge in [0.1, 0.15) is 5.76 Å². The molecule has 2 aromatic heterocycles. The summed E-state index contributed by atoms with van der Waals surface area (Å²) in [6, 6.07) is 5.63. The third-order valence-corrected chi connectivity index (χ3v) is 2.54. The van der Waals surface area contributed by atoms with Gasteiger partial charge in [0, 0.05) is 24.5 Å². The average Bonchev–Trinajstić information content (AvgIpc) is 2.90. The van der Waals surface area contributed by atoms with Crippen LogP contribution in [0.1, 0.15) is 18.9 Å². The SMILES string of the molecule is CCCNC(=O)Cc1cncc(-c2ccco2)c1. The van der Waals surface area contributed by atoms with Crippen LogP contribution >= 0.6 is 0 Å². The third kappa shape index (κ3) is 3.20. The quantitative estimate of drug-likeness (QED) is 0.878. The Kier molecular flexibility index (Phi) is 4.12. The van der Waals surface area contributed by atoms with Gasteiger partial charge in [0.15, 0.2) is 0 Å². The van der Waals surface area contributed by atoms with Crippen LogP contribution in [0, 0.1) is 0 Å². The Morgan fingerprint density at radius 2 is 2.33 bits per heavy atom. The van der Waals surface area contributed by atoms with E-state index in [0.29, 0.717) is 13.0 Å². The van der Waals surface area contributed by atoms with Gasteiger partial charge in [-0.05, 0) is 30.2 Å². The smallest absolute Gasteiger partial charge is 0.224 e. The van der Waals surface area contributed by atoms with Gasteiger partial charge in [-0.15, -0.1) is 0 Å². The summed E-state index contributed by atoms with van der Waals surface area (Å²) in [5.41, 5.74) is 1.78. The molecule has 1 amide bonds. The Labute approximate surface area is 106 Å². The van der Waals surface area contributed by atoms with E-state index >= 15 is 0 Å². The zero-order valence-corrected chi connectivity index (χ0v) is 10.3. The Morgan fingerprint density at radius 1 is 1.44 bits per heavy atom. The maximum absolute atomic E-state index is 11.6. The summed E-state index contributed by atoms with van der Waals surface area (Å²) >= 11 is 0. The van der Waals surface area contributed by atoms with Crippen LogP contribution in [0.15, 0.2) is 41.3 Å². The Morgan fingerprint density at radius 3 is 3.06 bits per heavy atom. The Balaban J connectivity index is 2.06. The molecule has 0 unspecified atom stereocenters. The number of pyridine rings is 1. The summed E-state index contributed by atoms with van der Waals surface area (Å²) in [6.07, 6.45) is 6.35. The summed E-state index contributed by atoms with van der Waals surface area (Å²) in [5, 5.41) is 2.84. The molecule has 1 N–H and O–H groups in total. The molecule has 0 spiro atoms. The number of hydrogen-bond donors (Lipinski definition) is 1. The molecule has 2 rings (SSSR count). The first-order chi connectivity index (χ1) is 8.79. The molecule has 0 aliphatic rings. The van der Waals surface area contributed by atoms with Crippen molar-refractivity contribution in [1.82, 2.24) is 10.3 Å². The summed E-state index contributed by atoms with van der Waals surface area (Å²) in [6.45, 7) is 2.74. The number of nitrogens with one attached hydrogen (secondary N) is 1. The third-order valence-electron chi connectivity index (χ3n) is 2.54. The molecule has 0 fully saturated rings. The van der Waals surface area contributed by atoms with Crippen LogP contribution in [0.2, 0.25) is 0 Å². The van der Waals surface area contributed by atoms with Crippen LogP contribution < -0.4 is 5.32 Å². The molecule has 4 nitrogen and oxygen atoms in total. The lowest BCUT2D eigenvalue weighted by Crippen LogP contribution is -2.25. The molecule has 0 saturated heterocycles. The maximum Gasteiger partial charge on any atom is 0.224 e. The number of amides is 1. The normalized spacial score (nSPS) is 10.3. The Bertz CT molecular complexity index is 506. The minimum Gasteiger partial charge on any atom is -0.464 e. The van der Waals surface area contributed by atoms with Gasteiger partial charge in [0.25, 0.3) is 0 Å². The van der Waals surface area contributed by atoms with Gasteiger partial charge in [-0.25, -0.2) is 0 Å². The van der Waals surface area contributed by atoms with Gasteiger partial charge in [0.05, 0.1) is 12.7 Å². The predicted molar refractivity (Wildman–Crippen MR) is 68.9 cm³/mol. The molecule has 0 saturated carbocycles. The number of nitrogens with zero attached hydrogens (tertiary/aromatic N) is 1. The molecular weight excluding hydrogens is 228 g/mol. The number of carbonyl (C=O) groups excluding carboxylic acids is 1. The van der Waals surface area contributed by atoms with Crippen LogP contribution in [0.5, 0.6) is 0 Å². The van der Waals surface area contributed by atoms with E-state index in [2.05, 4.69) is 10.3 Å². The van der Waals surface area contributed by atoms with Crippen molar-refractivity contribution in [3.05, 3.63) is 42.4 Å². The zero-order valence-electron chi connectivity index (χ0n) is 10.3. The second-order valence-electron chi connectivity index (χ2n) is 4.09. The van der Waals surface area contributed by atoms with Crippen molar-refractivity contribution < 1.29 is 9.21 Å². The highest BCUT2D eigenvalue weighted by atomic mass is 16.3. The number of rotatable bonds is 5. The van der Waals surface area contributed by atoms with E-state index in [1.54, 1.807) is 18.7 Å². The molecule has 0 aliphatic carbocycles. The highest BCUT2D eigenvalue weighted by Gasteiger charge is 2.06. The van der Waals surface area contributed by atoms with Gasteiger partial charge in [-0.1, -0.05) is 6.92 Å². The summed E-state index contributed by atoms with van der Waals surface area (Å²) in [5.74, 6) is 0.786. The van der Waals surface area contributed by atoms with Crippen molar-refractivity contribution >= 4 is 5.91 Å². The largest absolute Gasteiger partial charge is 0.464 e. The van der Waals surface area contributed by atoms with Crippen molar-refractivity contribution in [2.45, 2.75) is 19.8 Å². The fraction of sp³-hybridized carbons (Fsp3) is 0.286. The molecule has 0 aliphatic heterocycles. The van der Waals surface area contributed by atoms with Crippen molar-refractivity contribution in [2.75, 3.05) is 6.54 Å². The first kappa shape index (κ1) is 12.4. The fourth-order valence-corrected chi connectivity index (χ4v) is 1.67. The fourth-order valence-electron chi connectivity index (χ4n) is 1.67. The zero-order chi connectivity index (χ0) is 12.8. The second-order valence-corrected chi connectivity index (χ2v) is 4.09. The Hall–Kier alpha value is -2.10. The minimum absolute atomic E-state index is 0.0234. The molecule has 0 radical (unpaired) electrons. The van der Waals surface area contributed by atoms with Crippen LogP contribution in [-0.2, 0) is 11.2 Å². The molecule has 0 aromatic carbocycles. The van der Waals surface area contributed by atoms with Gasteiger partial charge >= 0.3 is 0 Å². The molecule has 94 valence electrons. The lowest BCUT2D eigenvalue weighted by molar-refractivity contribution is -0.120. The van der Waals surface area contributed by atoms with E-state index in [0.717, 1.165) is 23.3 Å². The van der Waals surface area contributed by atoms with Gasteiger partial charge in [-0.3, -0.25) is 9.78 Å². The van der Waals surface area contributed by atoms with E-state index in [1.807, 2.05) is 25.1 Å². The maximum atomic E-state index is 11.6. The van der Waals surface area contributed by atoms with Crippen molar-refractivity contribution in [2.24, 2.45) is 0 Å². The molecule has 18 heavy (non-hydrogen) atoms. The van der Waals surface area contributed by atoms with Gasteiger partial charge in [0.2, 0.25) is 5.91 Å². The summed E-state index contributed by atoms with van der Waals surface area (Å²) < 4.78 is 5.30. The molecule has 2 heterocycles. The van der Waals surface area contributed by atoms with Crippen LogP contribution in [0.25, 0.3) is 11.3 Å². The first-order valence-corrected chi connectivity index (χ1v) is 6.04. The van der Waals surface area contributed by atoms with E-state index in [-0.39, 0.29) is 5.91 Å². The van der Waals surface area contributed by atoms with Gasteiger partial charge in [-0.2, -0.15) is 0 Å². The van der Waals surface area contributed by atoms with Crippen LogP contribution in [0.3, 0.4) is 0 Å². The molecule has 4 heteroatoms. The number of hydrogen-bond acceptors (Lipinski definition) is 3. The van der Waals surface area contributed by atoms with Crippen LogP contribution in [0.4, 0.5) is 0 Å². The lowest BCUT2D eigenvalue weighted by atomic mass is 10.1. The number of carbonyl (C=O) groups is 1. The van der Waals surface area contributed by atoms with E-state index < -0.39 is 0 Å². The number of furan rings is 1. The summed E-state index contributed by atoms with van der Waals surface area (Å²) in [4.78, 5) is 15.7. The standard InChI is InChI=1S/C14H16N2O2/c1-2-5-16-14(17)8-11-7-12(10-15-9-11)13-4-3-6-18-13/h3-4,6-7,9-10H,2,5,8H2,1H3,(H,16,17). The topological polar surface area (TPSA) is 55.1 Å². The average molecular weight is 244 g/mol. The number of aromatic nitrogens is 1. The summed E-state index contributed by atoms with van der Waals surface area (Å²) in [7, 11) is 0. The molecule has 2 aromatic rings. The van der Waals surface area contributed by atoms with Gasteiger partial charge < -0.3 is 9.73 Å². The predicted octanol–water partition coefficient (Wildman–Crippen LogP) is 2.41. The molecule has 0 atom stereocenters. The highest BCUT2D eigenvalue weighted by Crippen LogP contribution is 2.19. The van der Waals surface area contributed by atoms with Crippen molar-refractivity contribution in [3.63, 3.8) is 0 Å². The van der Waals surface area contributed by atoms with Crippen LogP contribution in [-0.4, -0.2) is 17.4 Å². The van der Waals surface area contributed by atoms with E-state index in [4.69, 9.17) is 4.42 Å². The molecular formula is C14H16N2O2. The lowest BCUT2D eigenvalue weighted by Gasteiger charge is -2.04. The first-order valence-electron chi connectivity index (χ1n) is 6.04. The van der Waals surface area contributed by atoms with Crippen molar-refractivity contribution in [1.29, 1.82) is 0 Å². The second kappa shape index (κ2) is 6.00. The van der Waals surface area contributed by atoms with E-state index in [9.17, 15) is 4.79 Å².